The van der Waals surface area contributed by atoms with E-state index < -0.39 is 23.3 Å². The van der Waals surface area contributed by atoms with Crippen LogP contribution in [0.5, 0.6) is 5.75 Å². The number of ether oxygens (including phenoxy) is 1. The Kier molecular flexibility index (Phi) is 3.97. The molecule has 0 radical (unpaired) electrons. The Bertz CT molecular complexity index is 667. The van der Waals surface area contributed by atoms with Gasteiger partial charge in [0.1, 0.15) is 17.4 Å². The van der Waals surface area contributed by atoms with Crippen LogP contribution in [-0.2, 0) is 6.18 Å². The standard InChI is InChI=1S/C13H14F3N5O2/c14-13(15,16)8-6-19-21-11(8)12(22)20-9-2-1-3-10(9)23-7-4-17-18-5-7/h4-6,9-10H,1-3H2,(H,17,18)(H,19,21)(H,20,22)/t9-,10+/m0/s1. The average Bonchev–Trinajstić information content (AvgIpc) is 3.19. The van der Waals surface area contributed by atoms with Crippen LogP contribution in [0.25, 0.3) is 0 Å². The fraction of sp³-hybridized carbons (Fsp3) is 0.462. The van der Waals surface area contributed by atoms with E-state index in [9.17, 15) is 18.0 Å². The third-order valence-corrected chi connectivity index (χ3v) is 3.70. The van der Waals surface area contributed by atoms with Crippen molar-refractivity contribution in [2.24, 2.45) is 0 Å². The molecule has 0 aromatic carbocycles. The molecule has 0 unspecified atom stereocenters. The van der Waals surface area contributed by atoms with Gasteiger partial charge in [-0.15, -0.1) is 0 Å². The van der Waals surface area contributed by atoms with Crippen LogP contribution in [0.4, 0.5) is 13.2 Å². The largest absolute Gasteiger partial charge is 0.485 e. The molecule has 1 aliphatic rings. The molecule has 2 aromatic heterocycles. The van der Waals surface area contributed by atoms with E-state index in [4.69, 9.17) is 4.74 Å². The molecule has 2 atom stereocenters. The summed E-state index contributed by atoms with van der Waals surface area (Å²) in [6.45, 7) is 0. The smallest absolute Gasteiger partial charge is 0.420 e. The fourth-order valence-electron chi connectivity index (χ4n) is 2.63. The van der Waals surface area contributed by atoms with Crippen molar-refractivity contribution in [2.75, 3.05) is 0 Å². The number of carbonyl (C=O) groups excluding carboxylic acids is 1. The Morgan fingerprint density at radius 3 is 2.83 bits per heavy atom. The number of halogens is 3. The number of nitrogens with zero attached hydrogens (tertiary/aromatic N) is 2. The minimum Gasteiger partial charge on any atom is -0.485 e. The highest BCUT2D eigenvalue weighted by Crippen LogP contribution is 2.31. The molecule has 1 fully saturated rings. The maximum atomic E-state index is 12.8. The first-order chi connectivity index (χ1) is 10.9. The molecule has 3 N–H and O–H groups in total. The summed E-state index contributed by atoms with van der Waals surface area (Å²) in [5.41, 5.74) is -1.67. The number of H-pyrrole nitrogens is 2. The predicted octanol–water partition coefficient (Wildman–Crippen LogP) is 1.88. The zero-order valence-electron chi connectivity index (χ0n) is 11.9. The molecule has 0 spiro atoms. The summed E-state index contributed by atoms with van der Waals surface area (Å²) < 4.78 is 44.1. The summed E-state index contributed by atoms with van der Waals surface area (Å²) in [7, 11) is 0. The molecule has 7 nitrogen and oxygen atoms in total. The van der Waals surface area contributed by atoms with Crippen molar-refractivity contribution in [3.05, 3.63) is 29.8 Å². The van der Waals surface area contributed by atoms with Gasteiger partial charge >= 0.3 is 6.18 Å². The van der Waals surface area contributed by atoms with Crippen molar-refractivity contribution in [3.63, 3.8) is 0 Å². The highest BCUT2D eigenvalue weighted by atomic mass is 19.4. The van der Waals surface area contributed by atoms with Crippen LogP contribution in [-0.4, -0.2) is 38.4 Å². The first kappa shape index (κ1) is 15.4. The lowest BCUT2D eigenvalue weighted by Crippen LogP contribution is -2.43. The number of carbonyl (C=O) groups is 1. The Balaban J connectivity index is 1.69. The van der Waals surface area contributed by atoms with Gasteiger partial charge in [-0.2, -0.15) is 23.4 Å². The number of aromatic nitrogens is 4. The highest BCUT2D eigenvalue weighted by Gasteiger charge is 2.38. The highest BCUT2D eigenvalue weighted by molar-refractivity contribution is 5.94. The van der Waals surface area contributed by atoms with Gasteiger partial charge < -0.3 is 10.1 Å². The monoisotopic (exact) mass is 329 g/mol. The summed E-state index contributed by atoms with van der Waals surface area (Å²) in [6.07, 6.45) is 0.846. The second-order valence-corrected chi connectivity index (χ2v) is 5.26. The van der Waals surface area contributed by atoms with E-state index in [1.54, 1.807) is 6.20 Å². The van der Waals surface area contributed by atoms with Crippen LogP contribution in [0.15, 0.2) is 18.6 Å². The van der Waals surface area contributed by atoms with Crippen molar-refractivity contribution in [2.45, 2.75) is 37.6 Å². The van der Waals surface area contributed by atoms with Crippen LogP contribution in [0.1, 0.15) is 35.3 Å². The zero-order valence-corrected chi connectivity index (χ0v) is 11.9. The van der Waals surface area contributed by atoms with Gasteiger partial charge in [0.05, 0.1) is 24.6 Å². The minimum atomic E-state index is -4.64. The van der Waals surface area contributed by atoms with Crippen LogP contribution in [0.2, 0.25) is 0 Å². The lowest BCUT2D eigenvalue weighted by molar-refractivity contribution is -0.137. The van der Waals surface area contributed by atoms with Crippen LogP contribution >= 0.6 is 0 Å². The van der Waals surface area contributed by atoms with E-state index in [-0.39, 0.29) is 12.1 Å². The summed E-state index contributed by atoms with van der Waals surface area (Å²) in [5.74, 6) is -0.323. The van der Waals surface area contributed by atoms with E-state index in [1.165, 1.54) is 6.20 Å². The first-order valence-corrected chi connectivity index (χ1v) is 7.02. The van der Waals surface area contributed by atoms with E-state index in [2.05, 4.69) is 25.7 Å². The molecule has 124 valence electrons. The third-order valence-electron chi connectivity index (χ3n) is 3.70. The molecule has 2 aromatic rings. The molecule has 10 heteroatoms. The average molecular weight is 329 g/mol. The van der Waals surface area contributed by atoms with Gasteiger partial charge in [-0.1, -0.05) is 0 Å². The molecule has 2 heterocycles. The van der Waals surface area contributed by atoms with Gasteiger partial charge in [-0.05, 0) is 19.3 Å². The molecule has 1 amide bonds. The Morgan fingerprint density at radius 2 is 2.13 bits per heavy atom. The second kappa shape index (κ2) is 5.94. The van der Waals surface area contributed by atoms with Crippen molar-refractivity contribution < 1.29 is 22.7 Å². The number of nitrogens with one attached hydrogen (secondary N) is 3. The number of aromatic amines is 2. The van der Waals surface area contributed by atoms with Crippen LogP contribution < -0.4 is 10.1 Å². The van der Waals surface area contributed by atoms with Crippen molar-refractivity contribution in [3.8, 4) is 5.75 Å². The number of amides is 1. The molecule has 1 saturated carbocycles. The van der Waals surface area contributed by atoms with Crippen LogP contribution in [0, 0.1) is 0 Å². The molecular formula is C13H14F3N5O2. The summed E-state index contributed by atoms with van der Waals surface area (Å²) in [6, 6.07) is -0.373. The maximum absolute atomic E-state index is 12.8. The molecule has 0 saturated heterocycles. The molecule has 0 bridgehead atoms. The van der Waals surface area contributed by atoms with Crippen LogP contribution in [0.3, 0.4) is 0 Å². The molecule has 1 aliphatic carbocycles. The van der Waals surface area contributed by atoms with Gasteiger partial charge in [0.15, 0.2) is 5.75 Å². The number of hydrogen-bond acceptors (Lipinski definition) is 4. The Morgan fingerprint density at radius 1 is 1.30 bits per heavy atom. The molecule has 23 heavy (non-hydrogen) atoms. The normalized spacial score (nSPS) is 21.3. The summed E-state index contributed by atoms with van der Waals surface area (Å²) in [5, 5.41) is 14.4. The van der Waals surface area contributed by atoms with E-state index in [0.717, 1.165) is 6.42 Å². The summed E-state index contributed by atoms with van der Waals surface area (Å²) in [4.78, 5) is 12.1. The van der Waals surface area contributed by atoms with Crippen molar-refractivity contribution in [1.82, 2.24) is 25.7 Å². The van der Waals surface area contributed by atoms with E-state index in [1.807, 2.05) is 0 Å². The molecule has 3 rings (SSSR count). The van der Waals surface area contributed by atoms with Gasteiger partial charge in [0, 0.05) is 0 Å². The van der Waals surface area contributed by atoms with Crippen molar-refractivity contribution in [1.29, 1.82) is 0 Å². The zero-order chi connectivity index (χ0) is 16.4. The topological polar surface area (TPSA) is 95.7 Å². The Labute approximate surface area is 128 Å². The number of rotatable bonds is 4. The van der Waals surface area contributed by atoms with E-state index >= 15 is 0 Å². The summed E-state index contributed by atoms with van der Waals surface area (Å²) >= 11 is 0. The second-order valence-electron chi connectivity index (χ2n) is 5.26. The van der Waals surface area contributed by atoms with Crippen molar-refractivity contribution >= 4 is 5.91 Å². The lowest BCUT2D eigenvalue weighted by atomic mass is 10.1. The Hall–Kier alpha value is -2.52. The number of alkyl halides is 3. The SMILES string of the molecule is O=C(N[C@H]1CCC[C@H]1Oc1cn[nH]c1)c1[nH]ncc1C(F)(F)F. The van der Waals surface area contributed by atoms with Gasteiger partial charge in [0.2, 0.25) is 0 Å². The van der Waals surface area contributed by atoms with Gasteiger partial charge in [0.25, 0.3) is 5.91 Å². The maximum Gasteiger partial charge on any atom is 0.420 e. The fourth-order valence-corrected chi connectivity index (χ4v) is 2.63. The van der Waals surface area contributed by atoms with Gasteiger partial charge in [-0.3, -0.25) is 15.0 Å². The first-order valence-electron chi connectivity index (χ1n) is 7.02. The molecule has 0 aliphatic heterocycles. The minimum absolute atomic E-state index is 0.311. The third kappa shape index (κ3) is 3.30. The quantitative estimate of drug-likeness (QED) is 0.798. The molecular weight excluding hydrogens is 315 g/mol. The lowest BCUT2D eigenvalue weighted by Gasteiger charge is -2.21. The number of hydrogen-bond donors (Lipinski definition) is 3. The van der Waals surface area contributed by atoms with E-state index in [0.29, 0.717) is 24.8 Å². The predicted molar refractivity (Wildman–Crippen MR) is 71.7 cm³/mol. The van der Waals surface area contributed by atoms with Gasteiger partial charge in [-0.25, -0.2) is 0 Å².